The molecule has 0 aliphatic carbocycles. The highest BCUT2D eigenvalue weighted by Crippen LogP contribution is 1.97. The van der Waals surface area contributed by atoms with E-state index in [1.54, 1.807) is 0 Å². The summed E-state index contributed by atoms with van der Waals surface area (Å²) in [5, 5.41) is 0. The largest absolute Gasteiger partial charge is 0.368 e. The first-order valence-electron chi connectivity index (χ1n) is 2.86. The van der Waals surface area contributed by atoms with Gasteiger partial charge in [0.15, 0.2) is 12.3 Å². The molecule has 10 heteroatoms. The maximum absolute atomic E-state index is 8.00. The van der Waals surface area contributed by atoms with Gasteiger partial charge in [-0.1, -0.05) is 0 Å². The van der Waals surface area contributed by atoms with E-state index in [4.69, 9.17) is 31.1 Å². The highest BCUT2D eigenvalue weighted by molar-refractivity contribution is 7.87. The van der Waals surface area contributed by atoms with Crippen molar-refractivity contribution < 1.29 is 13.9 Å². The lowest BCUT2D eigenvalue weighted by molar-refractivity contribution is -0.0979. The Hall–Kier alpha value is -1.65. The molecule has 14 heavy (non-hydrogen) atoms. The van der Waals surface area contributed by atoms with Gasteiger partial charge in [-0.2, -0.15) is 15.0 Å². The van der Waals surface area contributed by atoms with Gasteiger partial charge in [0.2, 0.25) is 17.8 Å². The zero-order chi connectivity index (χ0) is 11.6. The monoisotopic (exact) mass is 222 g/mol. The summed E-state index contributed by atoms with van der Waals surface area (Å²) in [7, 11) is 0. The highest BCUT2D eigenvalue weighted by Gasteiger charge is 1.93. The van der Waals surface area contributed by atoms with Crippen LogP contribution in [0, 0.1) is 0 Å². The van der Waals surface area contributed by atoms with Gasteiger partial charge in [-0.3, -0.25) is 0 Å². The molecule has 0 saturated heterocycles. The van der Waals surface area contributed by atoms with E-state index >= 15 is 0 Å². The molecule has 0 bridgehead atoms. The predicted octanol–water partition coefficient (Wildman–Crippen LogP) is -0.901. The van der Waals surface area contributed by atoms with Gasteiger partial charge in [0.1, 0.15) is 6.79 Å². The predicted molar refractivity (Wildman–Crippen MR) is 53.0 cm³/mol. The number of carbonyl (C=O) groups is 1. The van der Waals surface area contributed by atoms with E-state index in [0.29, 0.717) is 0 Å². The van der Waals surface area contributed by atoms with Crippen LogP contribution in [0.5, 0.6) is 0 Å². The van der Waals surface area contributed by atoms with Crippen molar-refractivity contribution in [2.24, 2.45) is 0 Å². The highest BCUT2D eigenvalue weighted by atomic mass is 32.2. The van der Waals surface area contributed by atoms with E-state index in [1.807, 2.05) is 6.79 Å². The summed E-state index contributed by atoms with van der Waals surface area (Å²) >= 11 is -0.250. The normalized spacial score (nSPS) is 7.57. The zero-order valence-corrected chi connectivity index (χ0v) is 7.81. The summed E-state index contributed by atoms with van der Waals surface area (Å²) in [5.41, 5.74) is 15.4. The molecular formula is C4H10N6O3S. The standard InChI is InChI=1S/C3H6N6.CH2O.H2O2S/c4-1-7-2(5)9-3(6)8-1;1-2;1-3-2/h(H6,4,5,6,7,8,9);1H2;1-2H. The minimum absolute atomic E-state index is 0.0417. The van der Waals surface area contributed by atoms with Gasteiger partial charge in [0, 0.05) is 0 Å². The minimum atomic E-state index is -0.250. The van der Waals surface area contributed by atoms with Crippen molar-refractivity contribution in [2.45, 2.75) is 0 Å². The first-order valence-corrected chi connectivity index (χ1v) is 3.59. The second-order valence-electron chi connectivity index (χ2n) is 1.49. The third-order valence-corrected chi connectivity index (χ3v) is 0.687. The Bertz CT molecular complexity index is 210. The number of anilines is 3. The van der Waals surface area contributed by atoms with Crippen LogP contribution in [-0.4, -0.2) is 30.8 Å². The Morgan fingerprint density at radius 2 is 1.07 bits per heavy atom. The molecule has 0 aliphatic heterocycles. The fraction of sp³-hybridized carbons (Fsp3) is 0. The number of nitrogens with zero attached hydrogens (tertiary/aromatic N) is 3. The molecule has 1 aromatic heterocycles. The van der Waals surface area contributed by atoms with E-state index < -0.39 is 0 Å². The van der Waals surface area contributed by atoms with E-state index in [9.17, 15) is 0 Å². The summed E-state index contributed by atoms with van der Waals surface area (Å²) in [4.78, 5) is 18.5. The molecule has 0 saturated carbocycles. The van der Waals surface area contributed by atoms with Crippen LogP contribution in [0.2, 0.25) is 0 Å². The minimum Gasteiger partial charge on any atom is -0.368 e. The van der Waals surface area contributed by atoms with Crippen LogP contribution >= 0.6 is 12.3 Å². The number of carbonyl (C=O) groups excluding carboxylic acids is 1. The van der Waals surface area contributed by atoms with Crippen LogP contribution in [-0.2, 0) is 4.79 Å². The SMILES string of the molecule is C=O.Nc1nc(N)nc(N)n1.OSO. The van der Waals surface area contributed by atoms with Crippen molar-refractivity contribution in [2.75, 3.05) is 17.2 Å². The van der Waals surface area contributed by atoms with Crippen molar-refractivity contribution in [1.82, 2.24) is 15.0 Å². The number of hydrogen-bond acceptors (Lipinski definition) is 10. The summed E-state index contributed by atoms with van der Waals surface area (Å²) in [5.74, 6) is 0.125. The average Bonchev–Trinajstić information content (AvgIpc) is 2.06. The second kappa shape index (κ2) is 9.44. The molecule has 80 valence electrons. The van der Waals surface area contributed by atoms with E-state index in [-0.39, 0.29) is 30.2 Å². The molecule has 9 nitrogen and oxygen atoms in total. The molecule has 0 amide bonds. The topological polar surface area (TPSA) is 174 Å². The Labute approximate surface area is 83.8 Å². The van der Waals surface area contributed by atoms with Crippen LogP contribution in [0.1, 0.15) is 0 Å². The average molecular weight is 222 g/mol. The number of nitrogen functional groups attached to an aromatic ring is 3. The summed E-state index contributed by atoms with van der Waals surface area (Å²) in [6.07, 6.45) is 0. The molecule has 0 aliphatic rings. The van der Waals surface area contributed by atoms with E-state index in [2.05, 4.69) is 15.0 Å². The quantitative estimate of drug-likeness (QED) is 0.346. The fourth-order valence-electron chi connectivity index (χ4n) is 0.427. The molecule has 0 aromatic carbocycles. The number of rotatable bonds is 0. The smallest absolute Gasteiger partial charge is 0.226 e. The van der Waals surface area contributed by atoms with Gasteiger partial charge in [-0.25, -0.2) is 0 Å². The number of nitrogens with two attached hydrogens (primary N) is 3. The van der Waals surface area contributed by atoms with Gasteiger partial charge in [-0.15, -0.1) is 0 Å². The van der Waals surface area contributed by atoms with Crippen LogP contribution in [0.15, 0.2) is 0 Å². The Kier molecular flexibility index (Phi) is 10.0. The Morgan fingerprint density at radius 1 is 0.929 bits per heavy atom. The molecule has 0 atom stereocenters. The van der Waals surface area contributed by atoms with Crippen LogP contribution in [0.4, 0.5) is 17.8 Å². The second-order valence-corrected chi connectivity index (χ2v) is 1.65. The van der Waals surface area contributed by atoms with Gasteiger partial charge < -0.3 is 31.1 Å². The molecular weight excluding hydrogens is 212 g/mol. The maximum Gasteiger partial charge on any atom is 0.226 e. The van der Waals surface area contributed by atoms with Crippen molar-refractivity contribution in [1.29, 1.82) is 0 Å². The Balaban J connectivity index is 0. The molecule has 0 fully saturated rings. The molecule has 0 unspecified atom stereocenters. The molecule has 1 aromatic rings. The molecule has 0 spiro atoms. The molecule has 0 radical (unpaired) electrons. The van der Waals surface area contributed by atoms with Gasteiger partial charge in [0.05, 0.1) is 0 Å². The maximum atomic E-state index is 8.00. The van der Waals surface area contributed by atoms with E-state index in [1.165, 1.54) is 0 Å². The molecule has 8 N–H and O–H groups in total. The lowest BCUT2D eigenvalue weighted by Crippen LogP contribution is -2.05. The van der Waals surface area contributed by atoms with Gasteiger partial charge in [-0.05, 0) is 0 Å². The lowest BCUT2D eigenvalue weighted by atomic mass is 10.9. The van der Waals surface area contributed by atoms with E-state index in [0.717, 1.165) is 0 Å². The van der Waals surface area contributed by atoms with Crippen LogP contribution in [0.3, 0.4) is 0 Å². The third-order valence-electron chi connectivity index (χ3n) is 0.687. The first kappa shape index (κ1) is 14.9. The van der Waals surface area contributed by atoms with Gasteiger partial charge in [0.25, 0.3) is 0 Å². The lowest BCUT2D eigenvalue weighted by Gasteiger charge is -1.93. The number of hydrogen-bond donors (Lipinski definition) is 5. The summed E-state index contributed by atoms with van der Waals surface area (Å²) in [6.45, 7) is 2.00. The zero-order valence-electron chi connectivity index (χ0n) is 6.99. The molecule has 1 heterocycles. The van der Waals surface area contributed by atoms with Crippen molar-refractivity contribution in [3.8, 4) is 0 Å². The van der Waals surface area contributed by atoms with Crippen LogP contribution in [0.25, 0.3) is 0 Å². The van der Waals surface area contributed by atoms with Crippen molar-refractivity contribution in [3.63, 3.8) is 0 Å². The summed E-state index contributed by atoms with van der Waals surface area (Å²) in [6, 6.07) is 0. The first-order chi connectivity index (χ1) is 6.60. The fourth-order valence-corrected chi connectivity index (χ4v) is 0.427. The Morgan fingerprint density at radius 3 is 1.21 bits per heavy atom. The van der Waals surface area contributed by atoms with Crippen molar-refractivity contribution >= 4 is 37.0 Å². The van der Waals surface area contributed by atoms with Gasteiger partial charge >= 0.3 is 0 Å². The van der Waals surface area contributed by atoms with Crippen LogP contribution < -0.4 is 17.2 Å². The van der Waals surface area contributed by atoms with Crippen molar-refractivity contribution in [3.05, 3.63) is 0 Å². The third kappa shape index (κ3) is 8.45. The molecule has 1 rings (SSSR count). The summed E-state index contributed by atoms with van der Waals surface area (Å²) < 4.78 is 14.1. The number of aromatic nitrogens is 3.